The summed E-state index contributed by atoms with van der Waals surface area (Å²) in [5, 5.41) is 2.88. The Morgan fingerprint density at radius 1 is 0.800 bits per heavy atom. The smallest absolute Gasteiger partial charge is 0.259 e. The van der Waals surface area contributed by atoms with Crippen LogP contribution in [0, 0.1) is 0 Å². The molecule has 6 nitrogen and oxygen atoms in total. The lowest BCUT2D eigenvalue weighted by atomic mass is 10.1. The largest absolute Gasteiger partial charge is 0.457 e. The molecule has 4 rings (SSSR count). The lowest BCUT2D eigenvalue weighted by Gasteiger charge is -2.27. The molecule has 1 aliphatic rings. The van der Waals surface area contributed by atoms with E-state index in [1.54, 1.807) is 47.4 Å². The molecule has 1 fully saturated rings. The first-order valence-corrected chi connectivity index (χ1v) is 9.82. The molecule has 152 valence electrons. The first-order valence-electron chi connectivity index (χ1n) is 9.82. The van der Waals surface area contributed by atoms with E-state index in [2.05, 4.69) is 5.32 Å². The number of para-hydroxylation sites is 3. The fourth-order valence-electron chi connectivity index (χ4n) is 3.26. The number of benzene rings is 3. The van der Waals surface area contributed by atoms with Crippen LogP contribution in [0.4, 0.5) is 5.69 Å². The Bertz CT molecular complexity index is 1030. The zero-order valence-corrected chi connectivity index (χ0v) is 16.4. The molecule has 0 bridgehead atoms. The maximum atomic E-state index is 13.0. The van der Waals surface area contributed by atoms with E-state index in [1.807, 2.05) is 36.4 Å². The molecule has 0 unspecified atom stereocenters. The van der Waals surface area contributed by atoms with Crippen molar-refractivity contribution in [2.75, 3.05) is 31.6 Å². The van der Waals surface area contributed by atoms with Gasteiger partial charge in [-0.3, -0.25) is 9.59 Å². The summed E-state index contributed by atoms with van der Waals surface area (Å²) < 4.78 is 11.2. The molecule has 6 heteroatoms. The fraction of sp³-hybridized carbons (Fsp3) is 0.167. The molecule has 2 amide bonds. The van der Waals surface area contributed by atoms with Gasteiger partial charge in [0, 0.05) is 13.1 Å². The van der Waals surface area contributed by atoms with Crippen molar-refractivity contribution in [2.45, 2.75) is 0 Å². The van der Waals surface area contributed by atoms with Gasteiger partial charge in [-0.2, -0.15) is 0 Å². The zero-order chi connectivity index (χ0) is 20.8. The lowest BCUT2D eigenvalue weighted by molar-refractivity contribution is 0.0303. The van der Waals surface area contributed by atoms with Crippen LogP contribution in [0.1, 0.15) is 20.7 Å². The second-order valence-electron chi connectivity index (χ2n) is 6.82. The van der Waals surface area contributed by atoms with Crippen LogP contribution in [0.3, 0.4) is 0 Å². The molecule has 0 spiro atoms. The molecule has 0 aliphatic carbocycles. The van der Waals surface area contributed by atoms with Gasteiger partial charge in [-0.1, -0.05) is 42.5 Å². The molecule has 0 atom stereocenters. The lowest BCUT2D eigenvalue weighted by Crippen LogP contribution is -2.41. The predicted molar refractivity (Wildman–Crippen MR) is 114 cm³/mol. The highest BCUT2D eigenvalue weighted by atomic mass is 16.5. The summed E-state index contributed by atoms with van der Waals surface area (Å²) in [5.41, 5.74) is 1.30. The quantitative estimate of drug-likeness (QED) is 0.694. The van der Waals surface area contributed by atoms with E-state index in [0.717, 1.165) is 0 Å². The number of amides is 2. The molecule has 0 aromatic heterocycles. The third-order valence-corrected chi connectivity index (χ3v) is 4.81. The van der Waals surface area contributed by atoms with Crippen LogP contribution in [0.25, 0.3) is 0 Å². The van der Waals surface area contributed by atoms with E-state index in [4.69, 9.17) is 9.47 Å². The first-order chi connectivity index (χ1) is 14.7. The number of carbonyl (C=O) groups excluding carboxylic acids is 2. The molecular formula is C24H22N2O4. The van der Waals surface area contributed by atoms with Crippen molar-refractivity contribution in [1.82, 2.24) is 4.90 Å². The average Bonchev–Trinajstić information content (AvgIpc) is 2.80. The van der Waals surface area contributed by atoms with E-state index in [1.165, 1.54) is 0 Å². The predicted octanol–water partition coefficient (Wildman–Crippen LogP) is 4.20. The monoisotopic (exact) mass is 402 g/mol. The standard InChI is InChI=1S/C24H22N2O4/c27-23(20-11-5-7-13-22(20)30-18-8-2-1-3-9-18)25-21-12-6-4-10-19(21)24(28)26-14-16-29-17-15-26/h1-13H,14-17H2,(H,25,27). The minimum atomic E-state index is -0.344. The van der Waals surface area contributed by atoms with Gasteiger partial charge in [-0.15, -0.1) is 0 Å². The van der Waals surface area contributed by atoms with Crippen LogP contribution < -0.4 is 10.1 Å². The van der Waals surface area contributed by atoms with Crippen molar-refractivity contribution >= 4 is 17.5 Å². The Morgan fingerprint density at radius 3 is 2.20 bits per heavy atom. The fourth-order valence-corrected chi connectivity index (χ4v) is 3.26. The van der Waals surface area contributed by atoms with Crippen LogP contribution in [-0.2, 0) is 4.74 Å². The number of anilines is 1. The maximum absolute atomic E-state index is 13.0. The number of ether oxygens (including phenoxy) is 2. The van der Waals surface area contributed by atoms with Crippen molar-refractivity contribution < 1.29 is 19.1 Å². The van der Waals surface area contributed by atoms with Gasteiger partial charge in [0.05, 0.1) is 30.0 Å². The molecule has 3 aromatic rings. The molecule has 0 radical (unpaired) electrons. The second-order valence-corrected chi connectivity index (χ2v) is 6.82. The SMILES string of the molecule is O=C(Nc1ccccc1C(=O)N1CCOCC1)c1ccccc1Oc1ccccc1. The van der Waals surface area contributed by atoms with E-state index in [9.17, 15) is 9.59 Å². The minimum Gasteiger partial charge on any atom is -0.457 e. The maximum Gasteiger partial charge on any atom is 0.259 e. The van der Waals surface area contributed by atoms with Crippen LogP contribution in [0.15, 0.2) is 78.9 Å². The topological polar surface area (TPSA) is 67.9 Å². The van der Waals surface area contributed by atoms with Gasteiger partial charge < -0.3 is 19.7 Å². The van der Waals surface area contributed by atoms with Gasteiger partial charge in [0.1, 0.15) is 11.5 Å². The molecule has 1 aliphatic heterocycles. The number of morpholine rings is 1. The van der Waals surface area contributed by atoms with Crippen molar-refractivity contribution in [2.24, 2.45) is 0 Å². The van der Waals surface area contributed by atoms with E-state index >= 15 is 0 Å². The zero-order valence-electron chi connectivity index (χ0n) is 16.4. The molecular weight excluding hydrogens is 380 g/mol. The summed E-state index contributed by atoms with van der Waals surface area (Å²) >= 11 is 0. The minimum absolute atomic E-state index is 0.122. The average molecular weight is 402 g/mol. The Hall–Kier alpha value is -3.64. The second kappa shape index (κ2) is 9.24. The van der Waals surface area contributed by atoms with Gasteiger partial charge in [-0.25, -0.2) is 0 Å². The van der Waals surface area contributed by atoms with Gasteiger partial charge >= 0.3 is 0 Å². The third kappa shape index (κ3) is 4.50. The van der Waals surface area contributed by atoms with Crippen molar-refractivity contribution in [1.29, 1.82) is 0 Å². The Labute approximate surface area is 175 Å². The molecule has 1 saturated heterocycles. The highest BCUT2D eigenvalue weighted by molar-refractivity contribution is 6.10. The summed E-state index contributed by atoms with van der Waals surface area (Å²) in [6, 6.07) is 23.3. The number of nitrogens with zero attached hydrogens (tertiary/aromatic N) is 1. The normalized spacial score (nSPS) is 13.5. The van der Waals surface area contributed by atoms with Gasteiger partial charge in [-0.05, 0) is 36.4 Å². The van der Waals surface area contributed by atoms with Crippen LogP contribution in [0.5, 0.6) is 11.5 Å². The van der Waals surface area contributed by atoms with Crippen LogP contribution in [0.2, 0.25) is 0 Å². The van der Waals surface area contributed by atoms with Gasteiger partial charge in [0.2, 0.25) is 0 Å². The summed E-state index contributed by atoms with van der Waals surface area (Å²) in [6.07, 6.45) is 0. The number of hydrogen-bond donors (Lipinski definition) is 1. The number of hydrogen-bond acceptors (Lipinski definition) is 4. The summed E-state index contributed by atoms with van der Waals surface area (Å²) in [7, 11) is 0. The van der Waals surface area contributed by atoms with E-state index < -0.39 is 0 Å². The van der Waals surface area contributed by atoms with Crippen LogP contribution in [-0.4, -0.2) is 43.0 Å². The Kier molecular flexibility index (Phi) is 6.06. The number of nitrogens with one attached hydrogen (secondary N) is 1. The molecule has 1 heterocycles. The highest BCUT2D eigenvalue weighted by Crippen LogP contribution is 2.26. The Morgan fingerprint density at radius 2 is 1.43 bits per heavy atom. The summed E-state index contributed by atoms with van der Waals surface area (Å²) in [5.74, 6) is 0.616. The molecule has 30 heavy (non-hydrogen) atoms. The highest BCUT2D eigenvalue weighted by Gasteiger charge is 2.22. The van der Waals surface area contributed by atoms with Crippen molar-refractivity contribution in [3.63, 3.8) is 0 Å². The Balaban J connectivity index is 1.56. The summed E-state index contributed by atoms with van der Waals surface area (Å²) in [6.45, 7) is 2.11. The molecule has 1 N–H and O–H groups in total. The van der Waals surface area contributed by atoms with Gasteiger partial charge in [0.15, 0.2) is 0 Å². The number of carbonyl (C=O) groups is 2. The third-order valence-electron chi connectivity index (χ3n) is 4.81. The number of rotatable bonds is 5. The van der Waals surface area contributed by atoms with E-state index in [-0.39, 0.29) is 11.8 Å². The van der Waals surface area contributed by atoms with Crippen molar-refractivity contribution in [3.8, 4) is 11.5 Å². The molecule has 3 aromatic carbocycles. The van der Waals surface area contributed by atoms with Gasteiger partial charge in [0.25, 0.3) is 11.8 Å². The van der Waals surface area contributed by atoms with Crippen molar-refractivity contribution in [3.05, 3.63) is 90.0 Å². The summed E-state index contributed by atoms with van der Waals surface area (Å²) in [4.78, 5) is 27.7. The van der Waals surface area contributed by atoms with E-state index in [0.29, 0.717) is 54.6 Å². The van der Waals surface area contributed by atoms with Crippen LogP contribution >= 0.6 is 0 Å². The molecule has 0 saturated carbocycles. The first kappa shape index (κ1) is 19.7.